The third-order valence-corrected chi connectivity index (χ3v) is 6.04. The molecule has 0 fully saturated rings. The lowest BCUT2D eigenvalue weighted by atomic mass is 9.88. The van der Waals surface area contributed by atoms with Crippen LogP contribution in [0.5, 0.6) is 0 Å². The molecule has 0 amide bonds. The molecule has 6 heteroatoms. The van der Waals surface area contributed by atoms with Crippen LogP contribution in [-0.2, 0) is 16.4 Å². The van der Waals surface area contributed by atoms with Gasteiger partial charge in [-0.2, -0.15) is 0 Å². The molecule has 0 unspecified atom stereocenters. The van der Waals surface area contributed by atoms with E-state index in [4.69, 9.17) is 23.2 Å². The number of aryl methyl sites for hydroxylation is 1. The molecule has 0 bridgehead atoms. The molecule has 3 nitrogen and oxygen atoms in total. The molecule has 2 aromatic rings. The Morgan fingerprint density at radius 2 is 1.86 bits per heavy atom. The molecule has 0 aromatic heterocycles. The van der Waals surface area contributed by atoms with Crippen molar-refractivity contribution in [2.75, 3.05) is 0 Å². The van der Waals surface area contributed by atoms with Crippen molar-refractivity contribution in [3.63, 3.8) is 0 Å². The average Bonchev–Trinajstić information content (AvgIpc) is 2.50. The van der Waals surface area contributed by atoms with Crippen LogP contribution in [0.4, 0.5) is 0 Å². The molecule has 1 aliphatic carbocycles. The summed E-state index contributed by atoms with van der Waals surface area (Å²) in [4.78, 5) is 0.0183. The molecule has 1 aliphatic rings. The van der Waals surface area contributed by atoms with Crippen LogP contribution >= 0.6 is 23.2 Å². The summed E-state index contributed by atoms with van der Waals surface area (Å²) in [7, 11) is -3.72. The minimum absolute atomic E-state index is 0.0183. The molecule has 1 N–H and O–H groups in total. The molecule has 2 aromatic carbocycles. The van der Waals surface area contributed by atoms with Gasteiger partial charge < -0.3 is 0 Å². The van der Waals surface area contributed by atoms with E-state index in [2.05, 4.69) is 4.72 Å². The van der Waals surface area contributed by atoms with Crippen LogP contribution < -0.4 is 4.72 Å². The molecule has 0 saturated carbocycles. The smallest absolute Gasteiger partial charge is 0.207 e. The minimum atomic E-state index is -3.72. The Morgan fingerprint density at radius 1 is 1.09 bits per heavy atom. The van der Waals surface area contributed by atoms with E-state index in [0.717, 1.165) is 24.8 Å². The fraction of sp³-hybridized carbons (Fsp3) is 0.250. The van der Waals surface area contributed by atoms with Crippen molar-refractivity contribution in [3.8, 4) is 0 Å². The van der Waals surface area contributed by atoms with E-state index in [1.54, 1.807) is 6.07 Å². The third kappa shape index (κ3) is 3.15. The quantitative estimate of drug-likeness (QED) is 0.889. The fourth-order valence-corrected chi connectivity index (χ4v) is 4.82. The van der Waals surface area contributed by atoms with Crippen LogP contribution in [0.1, 0.15) is 30.0 Å². The summed E-state index contributed by atoms with van der Waals surface area (Å²) in [5.41, 5.74) is 2.23. The normalized spacial score (nSPS) is 18.0. The second kappa shape index (κ2) is 6.20. The summed E-state index contributed by atoms with van der Waals surface area (Å²) in [6.07, 6.45) is 2.70. The Kier molecular flexibility index (Phi) is 4.46. The number of benzene rings is 2. The average molecular weight is 356 g/mol. The van der Waals surface area contributed by atoms with E-state index in [1.165, 1.54) is 17.7 Å². The van der Waals surface area contributed by atoms with Gasteiger partial charge in [0.2, 0.25) is 10.0 Å². The standard InChI is InChI=1S/C16H15Cl2NO2S/c17-12-8-9-14(18)16(10-12)22(20,21)19-15-7-3-5-11-4-1-2-6-13(11)15/h1-2,4,6,8-10,15,19H,3,5,7H2/t15-/m1/s1. The monoisotopic (exact) mass is 355 g/mol. The first-order valence-corrected chi connectivity index (χ1v) is 9.26. The zero-order chi connectivity index (χ0) is 15.7. The van der Waals surface area contributed by atoms with Crippen molar-refractivity contribution >= 4 is 33.2 Å². The SMILES string of the molecule is O=S(=O)(N[C@@H]1CCCc2ccccc21)c1cc(Cl)ccc1Cl. The van der Waals surface area contributed by atoms with Gasteiger partial charge in [-0.15, -0.1) is 0 Å². The van der Waals surface area contributed by atoms with E-state index in [1.807, 2.05) is 24.3 Å². The van der Waals surface area contributed by atoms with Gasteiger partial charge in [0, 0.05) is 11.1 Å². The van der Waals surface area contributed by atoms with E-state index < -0.39 is 10.0 Å². The van der Waals surface area contributed by atoms with Crippen LogP contribution in [0, 0.1) is 0 Å². The Bertz CT molecular complexity index is 806. The van der Waals surface area contributed by atoms with Crippen LogP contribution in [0.3, 0.4) is 0 Å². The van der Waals surface area contributed by atoms with Gasteiger partial charge in [0.25, 0.3) is 0 Å². The highest BCUT2D eigenvalue weighted by molar-refractivity contribution is 7.89. The number of fused-ring (bicyclic) bond motifs is 1. The maximum atomic E-state index is 12.6. The molecule has 0 spiro atoms. The fourth-order valence-electron chi connectivity index (χ4n) is 2.81. The number of hydrogen-bond acceptors (Lipinski definition) is 2. The van der Waals surface area contributed by atoms with Gasteiger partial charge in [0.05, 0.1) is 5.02 Å². The molecular formula is C16H15Cl2NO2S. The molecular weight excluding hydrogens is 341 g/mol. The maximum absolute atomic E-state index is 12.6. The van der Waals surface area contributed by atoms with Crippen LogP contribution in [0.2, 0.25) is 10.0 Å². The van der Waals surface area contributed by atoms with Crippen LogP contribution in [0.15, 0.2) is 47.4 Å². The van der Waals surface area contributed by atoms with E-state index >= 15 is 0 Å². The van der Waals surface area contributed by atoms with Crippen LogP contribution in [0.25, 0.3) is 0 Å². The lowest BCUT2D eigenvalue weighted by Crippen LogP contribution is -2.31. The Labute approximate surface area is 140 Å². The predicted octanol–water partition coefficient (Wildman–Crippen LogP) is 4.35. The molecule has 116 valence electrons. The number of rotatable bonds is 3. The van der Waals surface area contributed by atoms with Gasteiger partial charge in [-0.1, -0.05) is 47.5 Å². The van der Waals surface area contributed by atoms with Crippen LogP contribution in [-0.4, -0.2) is 8.42 Å². The van der Waals surface area contributed by atoms with Gasteiger partial charge in [-0.25, -0.2) is 13.1 Å². The van der Waals surface area contributed by atoms with E-state index in [0.29, 0.717) is 5.02 Å². The van der Waals surface area contributed by atoms with Crippen molar-refractivity contribution in [2.45, 2.75) is 30.2 Å². The number of halogens is 2. The third-order valence-electron chi connectivity index (χ3n) is 3.85. The lowest BCUT2D eigenvalue weighted by Gasteiger charge is -2.26. The largest absolute Gasteiger partial charge is 0.242 e. The molecule has 3 rings (SSSR count). The van der Waals surface area contributed by atoms with Gasteiger partial charge in [-0.05, 0) is 48.6 Å². The molecule has 0 heterocycles. The zero-order valence-corrected chi connectivity index (χ0v) is 14.0. The number of nitrogens with one attached hydrogen (secondary N) is 1. The molecule has 0 aliphatic heterocycles. The van der Waals surface area contributed by atoms with Gasteiger partial charge in [-0.3, -0.25) is 0 Å². The molecule has 0 saturated heterocycles. The highest BCUT2D eigenvalue weighted by Crippen LogP contribution is 2.32. The van der Waals surface area contributed by atoms with Crippen molar-refractivity contribution in [1.82, 2.24) is 4.72 Å². The number of hydrogen-bond donors (Lipinski definition) is 1. The van der Waals surface area contributed by atoms with E-state index in [-0.39, 0.29) is 16.0 Å². The summed E-state index contributed by atoms with van der Waals surface area (Å²) >= 11 is 11.9. The van der Waals surface area contributed by atoms with Gasteiger partial charge in [0.1, 0.15) is 4.90 Å². The molecule has 22 heavy (non-hydrogen) atoms. The predicted molar refractivity (Wildman–Crippen MR) is 88.9 cm³/mol. The van der Waals surface area contributed by atoms with E-state index in [9.17, 15) is 8.42 Å². The molecule has 1 atom stereocenters. The first kappa shape index (κ1) is 15.8. The van der Waals surface area contributed by atoms with Gasteiger partial charge >= 0.3 is 0 Å². The molecule has 0 radical (unpaired) electrons. The first-order valence-electron chi connectivity index (χ1n) is 7.02. The van der Waals surface area contributed by atoms with Crippen molar-refractivity contribution in [2.24, 2.45) is 0 Å². The lowest BCUT2D eigenvalue weighted by molar-refractivity contribution is 0.507. The summed E-state index contributed by atoms with van der Waals surface area (Å²) in [5.74, 6) is 0. The maximum Gasteiger partial charge on any atom is 0.242 e. The Hall–Kier alpha value is -1.07. The second-order valence-electron chi connectivity index (χ2n) is 5.34. The Morgan fingerprint density at radius 3 is 2.68 bits per heavy atom. The summed E-state index contributed by atoms with van der Waals surface area (Å²) in [5, 5.41) is 0.509. The minimum Gasteiger partial charge on any atom is -0.207 e. The van der Waals surface area contributed by atoms with Gasteiger partial charge in [0.15, 0.2) is 0 Å². The topological polar surface area (TPSA) is 46.2 Å². The summed E-state index contributed by atoms with van der Waals surface area (Å²) in [6.45, 7) is 0. The first-order chi connectivity index (χ1) is 10.5. The zero-order valence-electron chi connectivity index (χ0n) is 11.7. The highest BCUT2D eigenvalue weighted by Gasteiger charge is 2.27. The highest BCUT2D eigenvalue weighted by atomic mass is 35.5. The Balaban J connectivity index is 1.95. The summed E-state index contributed by atoms with van der Waals surface area (Å²) in [6, 6.07) is 12.1. The number of sulfonamides is 1. The van der Waals surface area contributed by atoms with Crippen molar-refractivity contribution in [3.05, 3.63) is 63.6 Å². The summed E-state index contributed by atoms with van der Waals surface area (Å²) < 4.78 is 28.0. The van der Waals surface area contributed by atoms with Crippen molar-refractivity contribution < 1.29 is 8.42 Å². The second-order valence-corrected chi connectivity index (χ2v) is 7.87. The van der Waals surface area contributed by atoms with Crippen molar-refractivity contribution in [1.29, 1.82) is 0 Å².